The molecule has 2 aromatic rings. The molecule has 162 valence electrons. The van der Waals surface area contributed by atoms with Crippen LogP contribution in [0.25, 0.3) is 0 Å². The fourth-order valence-electron chi connectivity index (χ4n) is 3.68. The summed E-state index contributed by atoms with van der Waals surface area (Å²) in [7, 11) is -3.56. The second-order valence-corrected chi connectivity index (χ2v) is 9.40. The Morgan fingerprint density at radius 1 is 1.13 bits per heavy atom. The van der Waals surface area contributed by atoms with Gasteiger partial charge in [-0.05, 0) is 68.9 Å². The molecule has 0 spiro atoms. The Bertz CT molecular complexity index is 982. The first kappa shape index (κ1) is 22.3. The number of amides is 1. The molecule has 3 rings (SSSR count). The van der Waals surface area contributed by atoms with Crippen molar-refractivity contribution in [2.24, 2.45) is 0 Å². The number of nitrogens with zero attached hydrogens (tertiary/aromatic N) is 1. The Morgan fingerprint density at radius 2 is 1.87 bits per heavy atom. The van der Waals surface area contributed by atoms with Gasteiger partial charge in [0, 0.05) is 25.2 Å². The second-order valence-electron chi connectivity index (χ2n) is 7.49. The van der Waals surface area contributed by atoms with Gasteiger partial charge in [0.25, 0.3) is 5.91 Å². The second kappa shape index (κ2) is 10.1. The highest BCUT2D eigenvalue weighted by Gasteiger charge is 2.29. The third-order valence-electron chi connectivity index (χ3n) is 5.31. The van der Waals surface area contributed by atoms with Gasteiger partial charge in [0.1, 0.15) is 5.75 Å². The van der Waals surface area contributed by atoms with Gasteiger partial charge in [-0.3, -0.25) is 4.79 Å². The molecule has 6 nitrogen and oxygen atoms in total. The Kier molecular flexibility index (Phi) is 7.50. The van der Waals surface area contributed by atoms with Gasteiger partial charge in [0.15, 0.2) is 0 Å². The number of para-hydroxylation sites is 1. The number of benzene rings is 2. The number of hydrogen-bond acceptors (Lipinski definition) is 4. The highest BCUT2D eigenvalue weighted by atomic mass is 32.2. The van der Waals surface area contributed by atoms with Crippen LogP contribution in [0.3, 0.4) is 0 Å². The Morgan fingerprint density at radius 3 is 2.60 bits per heavy atom. The summed E-state index contributed by atoms with van der Waals surface area (Å²) in [6.45, 7) is 5.92. The first-order valence-electron chi connectivity index (χ1n) is 10.5. The van der Waals surface area contributed by atoms with Crippen LogP contribution in [0.1, 0.15) is 47.7 Å². The van der Waals surface area contributed by atoms with Gasteiger partial charge < -0.3 is 10.1 Å². The van der Waals surface area contributed by atoms with Crippen molar-refractivity contribution in [3.05, 3.63) is 59.2 Å². The van der Waals surface area contributed by atoms with Crippen LogP contribution in [-0.2, 0) is 16.4 Å². The number of hydrogen-bond donors (Lipinski definition) is 1. The van der Waals surface area contributed by atoms with Crippen LogP contribution in [0.2, 0.25) is 0 Å². The summed E-state index contributed by atoms with van der Waals surface area (Å²) in [5.74, 6) is 0.618. The topological polar surface area (TPSA) is 75.7 Å². The zero-order valence-electron chi connectivity index (χ0n) is 17.7. The maximum Gasteiger partial charge on any atom is 0.251 e. The maximum atomic E-state index is 12.9. The molecule has 0 radical (unpaired) electrons. The SMILES string of the molecule is CCOc1ccccc1CCCNC(=O)c1ccc(C)c(S(=O)(=O)N2CCCC2)c1. The van der Waals surface area contributed by atoms with Gasteiger partial charge >= 0.3 is 0 Å². The summed E-state index contributed by atoms with van der Waals surface area (Å²) in [6, 6.07) is 12.8. The minimum atomic E-state index is -3.56. The molecule has 1 aliphatic heterocycles. The van der Waals surface area contributed by atoms with E-state index in [1.807, 2.05) is 31.2 Å². The number of carbonyl (C=O) groups is 1. The summed E-state index contributed by atoms with van der Waals surface area (Å²) in [6.07, 6.45) is 3.31. The smallest absolute Gasteiger partial charge is 0.251 e. The van der Waals surface area contributed by atoms with Crippen molar-refractivity contribution >= 4 is 15.9 Å². The molecule has 0 bridgehead atoms. The van der Waals surface area contributed by atoms with Crippen molar-refractivity contribution in [3.8, 4) is 5.75 Å². The molecular formula is C23H30N2O4S. The molecule has 0 aromatic heterocycles. The molecule has 1 fully saturated rings. The van der Waals surface area contributed by atoms with E-state index in [4.69, 9.17) is 4.74 Å². The highest BCUT2D eigenvalue weighted by Crippen LogP contribution is 2.25. The van der Waals surface area contributed by atoms with E-state index in [9.17, 15) is 13.2 Å². The van der Waals surface area contributed by atoms with Gasteiger partial charge in [0.05, 0.1) is 11.5 Å². The first-order chi connectivity index (χ1) is 14.4. The summed E-state index contributed by atoms with van der Waals surface area (Å²) < 4.78 is 33.0. The van der Waals surface area contributed by atoms with Gasteiger partial charge in [-0.15, -0.1) is 0 Å². The molecule has 0 aliphatic carbocycles. The Hall–Kier alpha value is -2.38. The quantitative estimate of drug-likeness (QED) is 0.618. The van der Waals surface area contributed by atoms with E-state index in [0.717, 1.165) is 37.0 Å². The number of carbonyl (C=O) groups excluding carboxylic acids is 1. The van der Waals surface area contributed by atoms with E-state index in [-0.39, 0.29) is 10.8 Å². The normalized spacial score (nSPS) is 14.6. The zero-order valence-corrected chi connectivity index (χ0v) is 18.5. The fourth-order valence-corrected chi connectivity index (χ4v) is 5.44. The standard InChI is InChI=1S/C23H30N2O4S/c1-3-29-21-11-5-4-9-19(21)10-8-14-24-23(26)20-13-12-18(2)22(17-20)30(27,28)25-15-6-7-16-25/h4-5,9,11-13,17H,3,6-8,10,14-16H2,1-2H3,(H,24,26). The molecule has 0 atom stereocenters. The Balaban J connectivity index is 1.61. The summed E-state index contributed by atoms with van der Waals surface area (Å²) >= 11 is 0. The maximum absolute atomic E-state index is 12.9. The summed E-state index contributed by atoms with van der Waals surface area (Å²) in [4.78, 5) is 12.8. The molecule has 0 unspecified atom stereocenters. The first-order valence-corrected chi connectivity index (χ1v) is 12.0. The van der Waals surface area contributed by atoms with Crippen molar-refractivity contribution in [3.63, 3.8) is 0 Å². The van der Waals surface area contributed by atoms with E-state index in [2.05, 4.69) is 5.32 Å². The molecule has 1 heterocycles. The number of sulfonamides is 1. The lowest BCUT2D eigenvalue weighted by Crippen LogP contribution is -2.29. The van der Waals surface area contributed by atoms with Crippen LogP contribution >= 0.6 is 0 Å². The van der Waals surface area contributed by atoms with E-state index < -0.39 is 10.0 Å². The van der Waals surface area contributed by atoms with Crippen molar-refractivity contribution in [2.75, 3.05) is 26.2 Å². The van der Waals surface area contributed by atoms with Gasteiger partial charge in [0.2, 0.25) is 10.0 Å². The zero-order chi connectivity index (χ0) is 21.6. The van der Waals surface area contributed by atoms with Crippen LogP contribution in [0, 0.1) is 6.92 Å². The van der Waals surface area contributed by atoms with Gasteiger partial charge in [-0.25, -0.2) is 8.42 Å². The van der Waals surface area contributed by atoms with Crippen molar-refractivity contribution < 1.29 is 17.9 Å². The molecule has 1 N–H and O–H groups in total. The van der Waals surface area contributed by atoms with Gasteiger partial charge in [-0.2, -0.15) is 4.31 Å². The molecule has 0 saturated carbocycles. The Labute approximate surface area is 179 Å². The van der Waals surface area contributed by atoms with Crippen LogP contribution in [-0.4, -0.2) is 44.9 Å². The molecular weight excluding hydrogens is 400 g/mol. The molecule has 1 aliphatic rings. The van der Waals surface area contributed by atoms with Crippen LogP contribution in [0.4, 0.5) is 0 Å². The van der Waals surface area contributed by atoms with Gasteiger partial charge in [-0.1, -0.05) is 24.3 Å². The van der Waals surface area contributed by atoms with E-state index >= 15 is 0 Å². The minimum Gasteiger partial charge on any atom is -0.494 e. The average Bonchev–Trinajstić information content (AvgIpc) is 3.28. The fraction of sp³-hybridized carbons (Fsp3) is 0.435. The summed E-state index contributed by atoms with van der Waals surface area (Å²) in [5, 5.41) is 2.90. The van der Waals surface area contributed by atoms with E-state index in [1.54, 1.807) is 19.1 Å². The predicted molar refractivity (Wildman–Crippen MR) is 117 cm³/mol. The largest absolute Gasteiger partial charge is 0.494 e. The number of nitrogens with one attached hydrogen (secondary N) is 1. The molecule has 1 amide bonds. The molecule has 30 heavy (non-hydrogen) atoms. The highest BCUT2D eigenvalue weighted by molar-refractivity contribution is 7.89. The number of ether oxygens (including phenoxy) is 1. The van der Waals surface area contributed by atoms with Crippen molar-refractivity contribution in [1.29, 1.82) is 0 Å². The molecule has 7 heteroatoms. The molecule has 2 aromatic carbocycles. The van der Waals surface area contributed by atoms with Crippen molar-refractivity contribution in [1.82, 2.24) is 9.62 Å². The lowest BCUT2D eigenvalue weighted by molar-refractivity contribution is 0.0953. The van der Waals surface area contributed by atoms with E-state index in [1.165, 1.54) is 10.4 Å². The average molecular weight is 431 g/mol. The van der Waals surface area contributed by atoms with Crippen LogP contribution in [0.5, 0.6) is 5.75 Å². The van der Waals surface area contributed by atoms with Crippen molar-refractivity contribution in [2.45, 2.75) is 44.4 Å². The lowest BCUT2D eigenvalue weighted by atomic mass is 10.1. The number of rotatable bonds is 9. The monoisotopic (exact) mass is 430 g/mol. The lowest BCUT2D eigenvalue weighted by Gasteiger charge is -2.18. The molecule has 1 saturated heterocycles. The van der Waals surface area contributed by atoms with E-state index in [0.29, 0.717) is 37.4 Å². The third-order valence-corrected chi connectivity index (χ3v) is 7.35. The predicted octanol–water partition coefficient (Wildman–Crippen LogP) is 3.54. The van der Waals surface area contributed by atoms with Crippen LogP contribution in [0.15, 0.2) is 47.4 Å². The van der Waals surface area contributed by atoms with Crippen LogP contribution < -0.4 is 10.1 Å². The third kappa shape index (κ3) is 5.21. The minimum absolute atomic E-state index is 0.225. The number of aryl methyl sites for hydroxylation is 2. The summed E-state index contributed by atoms with van der Waals surface area (Å²) in [5.41, 5.74) is 2.14.